The van der Waals surface area contributed by atoms with E-state index in [1.54, 1.807) is 0 Å². The highest BCUT2D eigenvalue weighted by Gasteiger charge is 2.60. The van der Waals surface area contributed by atoms with Crippen LogP contribution in [0.4, 0.5) is 0 Å². The number of ether oxygens (including phenoxy) is 5. The fraction of sp³-hybridized carbons (Fsp3) is 0.591. The molecule has 2 fully saturated rings. The van der Waals surface area contributed by atoms with Crippen molar-refractivity contribution in [3.63, 3.8) is 0 Å². The summed E-state index contributed by atoms with van der Waals surface area (Å²) >= 11 is 0. The van der Waals surface area contributed by atoms with E-state index in [1.807, 2.05) is 0 Å². The highest BCUT2D eigenvalue weighted by atomic mass is 16.8. The van der Waals surface area contributed by atoms with Gasteiger partial charge in [-0.05, 0) is 23.8 Å². The van der Waals surface area contributed by atoms with Gasteiger partial charge in [-0.25, -0.2) is 4.79 Å². The van der Waals surface area contributed by atoms with Crippen LogP contribution in [0.5, 0.6) is 11.5 Å². The molecule has 8 unspecified atom stereocenters. The molecule has 2 aliphatic heterocycles. The molecule has 0 radical (unpaired) electrons. The van der Waals surface area contributed by atoms with Crippen molar-refractivity contribution in [1.82, 2.24) is 0 Å². The van der Waals surface area contributed by atoms with Gasteiger partial charge in [-0.2, -0.15) is 0 Å². The molecule has 0 aromatic heterocycles. The Hall–Kier alpha value is -2.37. The highest BCUT2D eigenvalue weighted by molar-refractivity contribution is 5.87. The third-order valence-electron chi connectivity index (χ3n) is 5.90. The number of benzene rings is 1. The van der Waals surface area contributed by atoms with Crippen molar-refractivity contribution in [1.29, 1.82) is 0 Å². The Labute approximate surface area is 205 Å². The van der Waals surface area contributed by atoms with Gasteiger partial charge in [0.15, 0.2) is 23.9 Å². The molecule has 0 bridgehead atoms. The minimum absolute atomic E-state index is 0.114. The van der Waals surface area contributed by atoms with Gasteiger partial charge in [0.1, 0.15) is 43.2 Å². The average molecular weight is 518 g/mol. The van der Waals surface area contributed by atoms with E-state index in [-0.39, 0.29) is 11.5 Å². The lowest BCUT2D eigenvalue weighted by atomic mass is 9.99. The molecular formula is C22H30O14. The average Bonchev–Trinajstić information content (AvgIpc) is 3.14. The van der Waals surface area contributed by atoms with Gasteiger partial charge < -0.3 is 64.5 Å². The summed E-state index contributed by atoms with van der Waals surface area (Å²) in [5.41, 5.74) is 0.448. The molecule has 2 saturated heterocycles. The normalized spacial score (nSPS) is 36.8. The number of aliphatic hydroxyl groups excluding tert-OH is 7. The van der Waals surface area contributed by atoms with Gasteiger partial charge in [0.05, 0.1) is 20.3 Å². The number of phenolic OH excluding ortho intramolecular Hbond substituents is 1. The second kappa shape index (κ2) is 11.8. The zero-order chi connectivity index (χ0) is 26.6. The minimum atomic E-state index is -2.37. The number of rotatable bonds is 9. The molecule has 3 rings (SSSR count). The SMILES string of the molecule is COc1cc(C=CC(=O)OC2C(O)C(CO)O[C@@]2(CO)OC2OC(CO)C(O)C(O)C2O)ccc1O. The van der Waals surface area contributed by atoms with Crippen molar-refractivity contribution in [2.45, 2.75) is 54.8 Å². The van der Waals surface area contributed by atoms with Crippen molar-refractivity contribution < 1.29 is 69.3 Å². The number of methoxy groups -OCH3 is 1. The smallest absolute Gasteiger partial charge is 0.331 e. The molecule has 0 aliphatic carbocycles. The van der Waals surface area contributed by atoms with Crippen LogP contribution >= 0.6 is 0 Å². The Balaban J connectivity index is 1.81. The second-order valence-corrected chi connectivity index (χ2v) is 8.24. The van der Waals surface area contributed by atoms with E-state index in [1.165, 1.54) is 31.4 Å². The number of hydrogen-bond acceptors (Lipinski definition) is 14. The van der Waals surface area contributed by atoms with Gasteiger partial charge in [0, 0.05) is 6.08 Å². The quantitative estimate of drug-likeness (QED) is 0.118. The maximum Gasteiger partial charge on any atom is 0.331 e. The van der Waals surface area contributed by atoms with Gasteiger partial charge >= 0.3 is 5.97 Å². The summed E-state index contributed by atoms with van der Waals surface area (Å²) in [6.07, 6.45) is -11.1. The first-order valence-corrected chi connectivity index (χ1v) is 10.9. The van der Waals surface area contributed by atoms with Crippen molar-refractivity contribution in [2.24, 2.45) is 0 Å². The molecule has 1 aromatic carbocycles. The van der Waals surface area contributed by atoms with E-state index in [2.05, 4.69) is 0 Å². The molecule has 202 valence electrons. The van der Waals surface area contributed by atoms with Gasteiger partial charge in [-0.3, -0.25) is 0 Å². The Morgan fingerprint density at radius 1 is 1.03 bits per heavy atom. The third-order valence-corrected chi connectivity index (χ3v) is 5.90. The predicted molar refractivity (Wildman–Crippen MR) is 116 cm³/mol. The monoisotopic (exact) mass is 518 g/mol. The fourth-order valence-electron chi connectivity index (χ4n) is 3.90. The number of aromatic hydroxyl groups is 1. The van der Waals surface area contributed by atoms with Crippen LogP contribution in [-0.2, 0) is 23.7 Å². The van der Waals surface area contributed by atoms with E-state index < -0.39 is 80.6 Å². The number of carbonyl (C=O) groups excluding carboxylic acids is 1. The zero-order valence-corrected chi connectivity index (χ0v) is 19.2. The Morgan fingerprint density at radius 2 is 1.72 bits per heavy atom. The summed E-state index contributed by atoms with van der Waals surface area (Å²) in [5.74, 6) is -3.35. The first kappa shape index (κ1) is 28.2. The topological polar surface area (TPSA) is 225 Å². The lowest BCUT2D eigenvalue weighted by Crippen LogP contribution is -2.63. The fourth-order valence-corrected chi connectivity index (χ4v) is 3.90. The summed E-state index contributed by atoms with van der Waals surface area (Å²) in [5, 5.41) is 79.5. The largest absolute Gasteiger partial charge is 0.504 e. The first-order valence-electron chi connectivity index (χ1n) is 10.9. The number of esters is 1. The van der Waals surface area contributed by atoms with Gasteiger partial charge in [0.25, 0.3) is 0 Å². The Bertz CT molecular complexity index is 922. The van der Waals surface area contributed by atoms with Crippen molar-refractivity contribution in [3.05, 3.63) is 29.8 Å². The van der Waals surface area contributed by atoms with Crippen LogP contribution < -0.4 is 4.74 Å². The molecule has 9 atom stereocenters. The molecule has 2 heterocycles. The number of aliphatic hydroxyl groups is 7. The molecule has 2 aliphatic rings. The van der Waals surface area contributed by atoms with Crippen molar-refractivity contribution >= 4 is 12.0 Å². The Kier molecular flexibility index (Phi) is 9.23. The molecule has 1 aromatic rings. The van der Waals surface area contributed by atoms with E-state index in [9.17, 15) is 45.6 Å². The zero-order valence-electron chi connectivity index (χ0n) is 19.2. The van der Waals surface area contributed by atoms with E-state index in [0.717, 1.165) is 6.08 Å². The van der Waals surface area contributed by atoms with Crippen LogP contribution in [0.25, 0.3) is 6.08 Å². The molecule has 14 nitrogen and oxygen atoms in total. The third kappa shape index (κ3) is 5.63. The predicted octanol–water partition coefficient (Wildman–Crippen LogP) is -3.42. The number of carbonyl (C=O) groups is 1. The molecule has 0 amide bonds. The maximum absolute atomic E-state index is 12.5. The molecule has 14 heteroatoms. The van der Waals surface area contributed by atoms with Crippen molar-refractivity contribution in [3.8, 4) is 11.5 Å². The molecule has 8 N–H and O–H groups in total. The standard InChI is InChI=1S/C22H30O14/c1-32-12-6-10(2-4-11(12)26)3-5-15(27)34-20-17(29)14(8-24)35-22(20,9-25)36-21-19(31)18(30)16(28)13(7-23)33-21/h2-6,13-14,16-21,23-26,28-31H,7-9H2,1H3/t13?,14?,16?,17?,18?,19?,20?,21?,22-/m0/s1. The van der Waals surface area contributed by atoms with Gasteiger partial charge in [-0.15, -0.1) is 0 Å². The van der Waals surface area contributed by atoms with Crippen LogP contribution in [0.1, 0.15) is 5.56 Å². The maximum atomic E-state index is 12.5. The summed E-state index contributed by atoms with van der Waals surface area (Å²) in [6, 6.07) is 4.27. The number of hydrogen-bond donors (Lipinski definition) is 8. The van der Waals surface area contributed by atoms with Gasteiger partial charge in [-0.1, -0.05) is 6.07 Å². The lowest BCUT2D eigenvalue weighted by Gasteiger charge is -2.43. The van der Waals surface area contributed by atoms with E-state index >= 15 is 0 Å². The van der Waals surface area contributed by atoms with Crippen LogP contribution in [0.2, 0.25) is 0 Å². The second-order valence-electron chi connectivity index (χ2n) is 8.24. The molecular weight excluding hydrogens is 488 g/mol. The summed E-state index contributed by atoms with van der Waals surface area (Å²) in [7, 11) is 1.35. The highest BCUT2D eigenvalue weighted by Crippen LogP contribution is 2.38. The van der Waals surface area contributed by atoms with E-state index in [4.69, 9.17) is 23.7 Å². The minimum Gasteiger partial charge on any atom is -0.504 e. The summed E-state index contributed by atoms with van der Waals surface area (Å²) in [4.78, 5) is 12.5. The lowest BCUT2D eigenvalue weighted by molar-refractivity contribution is -0.383. The summed E-state index contributed by atoms with van der Waals surface area (Å²) < 4.78 is 26.5. The molecule has 36 heavy (non-hydrogen) atoms. The van der Waals surface area contributed by atoms with Crippen LogP contribution in [0.15, 0.2) is 24.3 Å². The van der Waals surface area contributed by atoms with E-state index in [0.29, 0.717) is 5.56 Å². The first-order chi connectivity index (χ1) is 17.1. The van der Waals surface area contributed by atoms with Crippen molar-refractivity contribution in [2.75, 3.05) is 26.9 Å². The number of phenols is 1. The molecule has 0 spiro atoms. The van der Waals surface area contributed by atoms with Crippen LogP contribution in [-0.4, -0.2) is 129 Å². The summed E-state index contributed by atoms with van der Waals surface area (Å²) in [6.45, 7) is -2.59. The van der Waals surface area contributed by atoms with Crippen LogP contribution in [0.3, 0.4) is 0 Å². The van der Waals surface area contributed by atoms with Crippen LogP contribution in [0, 0.1) is 0 Å². The van der Waals surface area contributed by atoms with Gasteiger partial charge in [0.2, 0.25) is 5.79 Å². The molecule has 0 saturated carbocycles. The Morgan fingerprint density at radius 3 is 2.33 bits per heavy atom.